The number of aryl methyl sites for hydroxylation is 1. The SMILES string of the molecule is CON(C(=O)c1c(O)c2cc(SC)ccc2n(C)c1=O)c1ccccc1. The number of aromatic hydroxyl groups is 1. The molecule has 7 heteroatoms. The van der Waals surface area contributed by atoms with Crippen molar-refractivity contribution in [1.29, 1.82) is 0 Å². The summed E-state index contributed by atoms with van der Waals surface area (Å²) in [4.78, 5) is 31.8. The summed E-state index contributed by atoms with van der Waals surface area (Å²) >= 11 is 1.51. The maximum absolute atomic E-state index is 13.0. The number of nitrogens with zero attached hydrogens (tertiary/aromatic N) is 2. The van der Waals surface area contributed by atoms with Gasteiger partial charge in [-0.2, -0.15) is 5.06 Å². The number of pyridine rings is 1. The average molecular weight is 370 g/mol. The van der Waals surface area contributed by atoms with Crippen molar-refractivity contribution in [2.24, 2.45) is 7.05 Å². The van der Waals surface area contributed by atoms with Crippen molar-refractivity contribution in [2.45, 2.75) is 4.90 Å². The maximum atomic E-state index is 13.0. The molecule has 0 atom stereocenters. The van der Waals surface area contributed by atoms with Gasteiger partial charge < -0.3 is 9.67 Å². The van der Waals surface area contributed by atoms with Crippen molar-refractivity contribution < 1.29 is 14.7 Å². The Hall–Kier alpha value is -2.77. The average Bonchev–Trinajstić information content (AvgIpc) is 2.67. The smallest absolute Gasteiger partial charge is 0.291 e. The second-order valence-corrected chi connectivity index (χ2v) is 6.47. The number of hydroxylamine groups is 1. The minimum atomic E-state index is -0.728. The molecule has 0 radical (unpaired) electrons. The lowest BCUT2D eigenvalue weighted by Gasteiger charge is -2.21. The van der Waals surface area contributed by atoms with Crippen molar-refractivity contribution >= 4 is 34.3 Å². The van der Waals surface area contributed by atoms with Crippen LogP contribution in [0.1, 0.15) is 10.4 Å². The number of para-hydroxylation sites is 1. The van der Waals surface area contributed by atoms with Crippen LogP contribution >= 0.6 is 11.8 Å². The van der Waals surface area contributed by atoms with Crippen molar-refractivity contribution in [1.82, 2.24) is 4.57 Å². The molecular formula is C19H18N2O4S. The lowest BCUT2D eigenvalue weighted by atomic mass is 10.1. The number of amides is 1. The zero-order valence-corrected chi connectivity index (χ0v) is 15.4. The van der Waals surface area contributed by atoms with Crippen LogP contribution in [0.5, 0.6) is 5.75 Å². The third kappa shape index (κ3) is 2.95. The molecule has 1 aromatic heterocycles. The molecule has 0 saturated heterocycles. The predicted octanol–water partition coefficient (Wildman–Crippen LogP) is 3.17. The number of fused-ring (bicyclic) bond motifs is 1. The Bertz CT molecular complexity index is 1030. The fourth-order valence-electron chi connectivity index (χ4n) is 2.80. The van der Waals surface area contributed by atoms with Crippen molar-refractivity contribution in [3.8, 4) is 5.75 Å². The van der Waals surface area contributed by atoms with Crippen LogP contribution in [-0.2, 0) is 11.9 Å². The molecule has 1 heterocycles. The normalized spacial score (nSPS) is 10.9. The summed E-state index contributed by atoms with van der Waals surface area (Å²) in [7, 11) is 2.90. The van der Waals surface area contributed by atoms with E-state index in [4.69, 9.17) is 4.84 Å². The van der Waals surface area contributed by atoms with E-state index in [2.05, 4.69) is 0 Å². The first-order chi connectivity index (χ1) is 12.5. The van der Waals surface area contributed by atoms with Crippen LogP contribution in [0.4, 0.5) is 5.69 Å². The Morgan fingerprint density at radius 2 is 1.88 bits per heavy atom. The fourth-order valence-corrected chi connectivity index (χ4v) is 3.24. The molecule has 134 valence electrons. The van der Waals surface area contributed by atoms with E-state index in [1.165, 1.54) is 23.4 Å². The summed E-state index contributed by atoms with van der Waals surface area (Å²) in [5.74, 6) is -1.07. The molecule has 0 saturated carbocycles. The topological polar surface area (TPSA) is 71.8 Å². The van der Waals surface area contributed by atoms with Gasteiger partial charge >= 0.3 is 0 Å². The molecule has 1 N–H and O–H groups in total. The van der Waals surface area contributed by atoms with Gasteiger partial charge in [0.1, 0.15) is 11.3 Å². The summed E-state index contributed by atoms with van der Waals surface area (Å²) in [6.07, 6.45) is 1.91. The molecule has 0 unspecified atom stereocenters. The van der Waals surface area contributed by atoms with Gasteiger partial charge in [-0.05, 0) is 36.6 Å². The third-order valence-corrected chi connectivity index (χ3v) is 4.87. The number of benzene rings is 2. The highest BCUT2D eigenvalue weighted by Gasteiger charge is 2.27. The Kier molecular flexibility index (Phi) is 5.01. The van der Waals surface area contributed by atoms with Gasteiger partial charge in [-0.15, -0.1) is 11.8 Å². The number of thioether (sulfide) groups is 1. The Morgan fingerprint density at radius 3 is 2.50 bits per heavy atom. The van der Waals surface area contributed by atoms with Gasteiger partial charge in [0.15, 0.2) is 0 Å². The van der Waals surface area contributed by atoms with Gasteiger partial charge in [0, 0.05) is 17.3 Å². The van der Waals surface area contributed by atoms with Crippen LogP contribution in [0.3, 0.4) is 0 Å². The van der Waals surface area contributed by atoms with Crippen LogP contribution in [0.2, 0.25) is 0 Å². The van der Waals surface area contributed by atoms with Gasteiger partial charge in [-0.25, -0.2) is 0 Å². The van der Waals surface area contributed by atoms with E-state index in [9.17, 15) is 14.7 Å². The maximum Gasteiger partial charge on any atom is 0.291 e. The highest BCUT2D eigenvalue weighted by Crippen LogP contribution is 2.31. The lowest BCUT2D eigenvalue weighted by Crippen LogP contribution is -2.36. The highest BCUT2D eigenvalue weighted by molar-refractivity contribution is 7.98. The minimum Gasteiger partial charge on any atom is -0.506 e. The number of rotatable bonds is 4. The fraction of sp³-hybridized carbons (Fsp3) is 0.158. The largest absolute Gasteiger partial charge is 0.506 e. The van der Waals surface area contributed by atoms with Crippen LogP contribution in [0.25, 0.3) is 10.9 Å². The number of carbonyl (C=O) groups is 1. The minimum absolute atomic E-state index is 0.330. The first-order valence-electron chi connectivity index (χ1n) is 7.83. The van der Waals surface area contributed by atoms with Crippen LogP contribution in [0, 0.1) is 0 Å². The second kappa shape index (κ2) is 7.23. The summed E-state index contributed by atoms with van der Waals surface area (Å²) in [6.45, 7) is 0. The quantitative estimate of drug-likeness (QED) is 0.564. The number of aromatic nitrogens is 1. The molecule has 0 aliphatic heterocycles. The molecule has 1 amide bonds. The second-order valence-electron chi connectivity index (χ2n) is 5.59. The van der Waals surface area contributed by atoms with E-state index in [1.54, 1.807) is 49.5 Å². The summed E-state index contributed by atoms with van der Waals surface area (Å²) in [5.41, 5.74) is 0.0868. The first kappa shape index (κ1) is 18.0. The third-order valence-electron chi connectivity index (χ3n) is 4.15. The molecule has 0 fully saturated rings. The van der Waals surface area contributed by atoms with Crippen LogP contribution in [0.15, 0.2) is 58.2 Å². The van der Waals surface area contributed by atoms with Crippen molar-refractivity contribution in [2.75, 3.05) is 18.4 Å². The molecular weight excluding hydrogens is 352 g/mol. The summed E-state index contributed by atoms with van der Waals surface area (Å²) in [6, 6.07) is 14.0. The number of hydrogen-bond donors (Lipinski definition) is 1. The molecule has 0 spiro atoms. The molecule has 0 aliphatic carbocycles. The van der Waals surface area contributed by atoms with Gasteiger partial charge in [-0.3, -0.25) is 14.4 Å². The number of carbonyl (C=O) groups excluding carboxylic acids is 1. The van der Waals surface area contributed by atoms with Crippen LogP contribution < -0.4 is 10.6 Å². The molecule has 3 aromatic rings. The van der Waals surface area contributed by atoms with Gasteiger partial charge in [-0.1, -0.05) is 18.2 Å². The molecule has 0 aliphatic rings. The van der Waals surface area contributed by atoms with E-state index in [0.717, 1.165) is 9.96 Å². The number of anilines is 1. The summed E-state index contributed by atoms with van der Waals surface area (Å²) < 4.78 is 1.35. The Labute approximate surface area is 154 Å². The van der Waals surface area contributed by atoms with Gasteiger partial charge in [0.05, 0.1) is 18.3 Å². The zero-order valence-electron chi connectivity index (χ0n) is 14.6. The molecule has 26 heavy (non-hydrogen) atoms. The number of hydrogen-bond acceptors (Lipinski definition) is 5. The predicted molar refractivity (Wildman–Crippen MR) is 103 cm³/mol. The van der Waals surface area contributed by atoms with Crippen molar-refractivity contribution in [3.05, 3.63) is 64.4 Å². The summed E-state index contributed by atoms with van der Waals surface area (Å²) in [5, 5.41) is 12.1. The standard InChI is InChI=1S/C19H18N2O4S/c1-20-15-10-9-13(26-3)11-14(15)17(22)16(18(20)23)19(24)21(25-2)12-7-5-4-6-8-12/h4-11,22H,1-3H3. The molecule has 3 rings (SSSR count). The van der Waals surface area contributed by atoms with Crippen LogP contribution in [-0.4, -0.2) is 28.9 Å². The van der Waals surface area contributed by atoms with Gasteiger partial charge in [0.25, 0.3) is 11.5 Å². The highest BCUT2D eigenvalue weighted by atomic mass is 32.2. The molecule has 2 aromatic carbocycles. The molecule has 0 bridgehead atoms. The van der Waals surface area contributed by atoms with Gasteiger partial charge in [0.2, 0.25) is 0 Å². The van der Waals surface area contributed by atoms with E-state index in [1.807, 2.05) is 12.3 Å². The van der Waals surface area contributed by atoms with E-state index in [0.29, 0.717) is 16.6 Å². The lowest BCUT2D eigenvalue weighted by molar-refractivity contribution is 0.0769. The van der Waals surface area contributed by atoms with E-state index >= 15 is 0 Å². The Balaban J connectivity index is 2.23. The zero-order chi connectivity index (χ0) is 18.8. The van der Waals surface area contributed by atoms with E-state index in [-0.39, 0.29) is 11.3 Å². The van der Waals surface area contributed by atoms with E-state index < -0.39 is 11.5 Å². The Morgan fingerprint density at radius 1 is 1.19 bits per heavy atom. The first-order valence-corrected chi connectivity index (χ1v) is 9.05. The van der Waals surface area contributed by atoms with Crippen molar-refractivity contribution in [3.63, 3.8) is 0 Å². The molecule has 6 nitrogen and oxygen atoms in total. The monoisotopic (exact) mass is 370 g/mol.